The van der Waals surface area contributed by atoms with Crippen LogP contribution in [0.4, 0.5) is 0 Å². The van der Waals surface area contributed by atoms with E-state index in [1.807, 2.05) is 0 Å². The molecule has 0 aliphatic carbocycles. The molecule has 0 saturated carbocycles. The second-order valence-corrected chi connectivity index (χ2v) is 3.04. The molecule has 0 spiro atoms. The molecule has 4 heteroatoms. The van der Waals surface area contributed by atoms with Gasteiger partial charge in [-0.15, -0.1) is 0 Å². The third-order valence-electron chi connectivity index (χ3n) is 1.91. The molecule has 1 rings (SSSR count). The zero-order chi connectivity index (χ0) is 10.7. The van der Waals surface area contributed by atoms with Crippen molar-refractivity contribution < 1.29 is 19.7 Å². The Balaban J connectivity index is 2.95. The Hall–Kier alpha value is -1.71. The molecule has 0 aliphatic heterocycles. The molecule has 14 heavy (non-hydrogen) atoms. The van der Waals surface area contributed by atoms with Crippen LogP contribution in [0.5, 0.6) is 11.5 Å². The lowest BCUT2D eigenvalue weighted by Crippen LogP contribution is -2.10. The predicted molar refractivity (Wildman–Crippen MR) is 50.7 cm³/mol. The molecule has 0 radical (unpaired) electrons. The van der Waals surface area contributed by atoms with E-state index < -0.39 is 12.6 Å². The Morgan fingerprint density at radius 1 is 1.43 bits per heavy atom. The third-order valence-corrected chi connectivity index (χ3v) is 1.91. The van der Waals surface area contributed by atoms with Crippen LogP contribution in [0.3, 0.4) is 0 Å². The van der Waals surface area contributed by atoms with Crippen LogP contribution in [0.15, 0.2) is 12.1 Å². The Kier molecular flexibility index (Phi) is 2.96. The molecule has 4 nitrogen and oxygen atoms in total. The van der Waals surface area contributed by atoms with Gasteiger partial charge < -0.3 is 14.9 Å². The molecule has 2 N–H and O–H groups in total. The molecular weight excluding hydrogens is 184 g/mol. The van der Waals surface area contributed by atoms with Crippen molar-refractivity contribution in [1.82, 2.24) is 0 Å². The van der Waals surface area contributed by atoms with E-state index in [0.29, 0.717) is 11.3 Å². The fraction of sp³-hybridized carbons (Fsp3) is 0.300. The van der Waals surface area contributed by atoms with Gasteiger partial charge in [0.15, 0.2) is 6.61 Å². The Morgan fingerprint density at radius 2 is 2.07 bits per heavy atom. The number of aromatic hydroxyl groups is 1. The fourth-order valence-electron chi connectivity index (χ4n) is 1.17. The third kappa shape index (κ3) is 2.16. The largest absolute Gasteiger partial charge is 0.508 e. The highest BCUT2D eigenvalue weighted by molar-refractivity contribution is 5.68. The van der Waals surface area contributed by atoms with Crippen LogP contribution in [0.2, 0.25) is 0 Å². The Bertz CT molecular complexity index is 357. The first-order valence-corrected chi connectivity index (χ1v) is 4.16. The summed E-state index contributed by atoms with van der Waals surface area (Å²) in [6.07, 6.45) is 0. The van der Waals surface area contributed by atoms with E-state index in [9.17, 15) is 9.90 Å². The first-order chi connectivity index (χ1) is 6.52. The number of phenolic OH excluding ortho intramolecular Hbond substituents is 1. The smallest absolute Gasteiger partial charge is 0.341 e. The van der Waals surface area contributed by atoms with Crippen molar-refractivity contribution >= 4 is 5.97 Å². The quantitative estimate of drug-likeness (QED) is 0.768. The molecule has 0 heterocycles. The predicted octanol–water partition coefficient (Wildman–Crippen LogP) is 1.47. The van der Waals surface area contributed by atoms with Gasteiger partial charge in [-0.2, -0.15) is 0 Å². The van der Waals surface area contributed by atoms with Crippen molar-refractivity contribution in [2.75, 3.05) is 6.61 Å². The van der Waals surface area contributed by atoms with Crippen molar-refractivity contribution in [3.63, 3.8) is 0 Å². The van der Waals surface area contributed by atoms with Gasteiger partial charge in [0.25, 0.3) is 0 Å². The van der Waals surface area contributed by atoms with Crippen LogP contribution in [0.25, 0.3) is 0 Å². The summed E-state index contributed by atoms with van der Waals surface area (Å²) < 4.78 is 5.05. The maximum atomic E-state index is 10.3. The molecule has 0 atom stereocenters. The number of rotatable bonds is 3. The van der Waals surface area contributed by atoms with E-state index in [-0.39, 0.29) is 5.75 Å². The van der Waals surface area contributed by atoms with Gasteiger partial charge in [-0.05, 0) is 25.5 Å². The average molecular weight is 196 g/mol. The molecule has 0 bridgehead atoms. The number of phenols is 1. The van der Waals surface area contributed by atoms with Gasteiger partial charge in [0.2, 0.25) is 0 Å². The summed E-state index contributed by atoms with van der Waals surface area (Å²) >= 11 is 0. The monoisotopic (exact) mass is 196 g/mol. The lowest BCUT2D eigenvalue weighted by atomic mass is 10.1. The number of hydrogen-bond acceptors (Lipinski definition) is 3. The summed E-state index contributed by atoms with van der Waals surface area (Å²) in [6.45, 7) is 3.08. The lowest BCUT2D eigenvalue weighted by Gasteiger charge is -2.11. The molecule has 0 fully saturated rings. The van der Waals surface area contributed by atoms with E-state index >= 15 is 0 Å². The molecule has 1 aromatic rings. The Morgan fingerprint density at radius 3 is 2.64 bits per heavy atom. The Labute approximate surface area is 81.8 Å². The number of carbonyl (C=O) groups is 1. The molecule has 0 unspecified atom stereocenters. The van der Waals surface area contributed by atoms with Crippen LogP contribution in [-0.4, -0.2) is 22.8 Å². The first-order valence-electron chi connectivity index (χ1n) is 4.16. The van der Waals surface area contributed by atoms with Crippen LogP contribution in [0, 0.1) is 13.8 Å². The number of aliphatic carboxylic acids is 1. The number of carboxylic acid groups (broad SMARTS) is 1. The molecule has 0 amide bonds. The van der Waals surface area contributed by atoms with Crippen molar-refractivity contribution in [2.24, 2.45) is 0 Å². The number of ether oxygens (including phenoxy) is 1. The highest BCUT2D eigenvalue weighted by atomic mass is 16.5. The van der Waals surface area contributed by atoms with E-state index in [2.05, 4.69) is 0 Å². The van der Waals surface area contributed by atoms with Gasteiger partial charge in [0.05, 0.1) is 0 Å². The fourth-order valence-corrected chi connectivity index (χ4v) is 1.17. The van der Waals surface area contributed by atoms with E-state index in [1.54, 1.807) is 26.0 Å². The molecule has 0 aromatic heterocycles. The van der Waals surface area contributed by atoms with E-state index in [0.717, 1.165) is 5.56 Å². The standard InChI is InChI=1S/C10H12O4/c1-6-3-4-8(11)7(2)10(6)14-5-9(12)13/h3-4,11H,5H2,1-2H3,(H,12,13). The minimum absolute atomic E-state index is 0.107. The normalized spacial score (nSPS) is 9.86. The summed E-state index contributed by atoms with van der Waals surface area (Å²) in [7, 11) is 0. The number of benzene rings is 1. The summed E-state index contributed by atoms with van der Waals surface area (Å²) in [5.74, 6) is -0.490. The lowest BCUT2D eigenvalue weighted by molar-refractivity contribution is -0.139. The molecule has 1 aromatic carbocycles. The van der Waals surface area contributed by atoms with Gasteiger partial charge in [-0.25, -0.2) is 4.79 Å². The first kappa shape index (κ1) is 10.4. The van der Waals surface area contributed by atoms with Gasteiger partial charge in [0.1, 0.15) is 11.5 Å². The summed E-state index contributed by atoms with van der Waals surface area (Å²) in [5.41, 5.74) is 1.37. The second kappa shape index (κ2) is 4.00. The van der Waals surface area contributed by atoms with Crippen LogP contribution >= 0.6 is 0 Å². The number of aryl methyl sites for hydroxylation is 1. The van der Waals surface area contributed by atoms with Gasteiger partial charge in [0, 0.05) is 5.56 Å². The van der Waals surface area contributed by atoms with Crippen LogP contribution in [-0.2, 0) is 4.79 Å². The van der Waals surface area contributed by atoms with Gasteiger partial charge in [-0.1, -0.05) is 6.07 Å². The van der Waals surface area contributed by atoms with Crippen LogP contribution in [0.1, 0.15) is 11.1 Å². The van der Waals surface area contributed by atoms with Crippen LogP contribution < -0.4 is 4.74 Å². The van der Waals surface area contributed by atoms with E-state index in [4.69, 9.17) is 9.84 Å². The van der Waals surface area contributed by atoms with Gasteiger partial charge in [-0.3, -0.25) is 0 Å². The maximum absolute atomic E-state index is 10.3. The summed E-state index contributed by atoms with van der Waals surface area (Å²) in [5, 5.41) is 17.8. The second-order valence-electron chi connectivity index (χ2n) is 3.04. The highest BCUT2D eigenvalue weighted by Gasteiger charge is 2.09. The molecule has 76 valence electrons. The minimum Gasteiger partial charge on any atom is -0.508 e. The topological polar surface area (TPSA) is 66.8 Å². The van der Waals surface area contributed by atoms with Crippen molar-refractivity contribution in [3.05, 3.63) is 23.3 Å². The zero-order valence-corrected chi connectivity index (χ0v) is 8.07. The van der Waals surface area contributed by atoms with Crippen molar-refractivity contribution in [3.8, 4) is 11.5 Å². The minimum atomic E-state index is -1.04. The SMILES string of the molecule is Cc1ccc(O)c(C)c1OCC(=O)O. The molecule has 0 aliphatic rings. The summed E-state index contributed by atoms with van der Waals surface area (Å²) in [6, 6.07) is 3.23. The van der Waals surface area contributed by atoms with Gasteiger partial charge >= 0.3 is 5.97 Å². The average Bonchev–Trinajstić information content (AvgIpc) is 2.11. The maximum Gasteiger partial charge on any atom is 0.341 e. The van der Waals surface area contributed by atoms with E-state index in [1.165, 1.54) is 0 Å². The number of carboxylic acids is 1. The summed E-state index contributed by atoms with van der Waals surface area (Å²) in [4.78, 5) is 10.3. The van der Waals surface area contributed by atoms with Crippen molar-refractivity contribution in [2.45, 2.75) is 13.8 Å². The zero-order valence-electron chi connectivity index (χ0n) is 8.07. The highest BCUT2D eigenvalue weighted by Crippen LogP contribution is 2.29. The van der Waals surface area contributed by atoms with Crippen molar-refractivity contribution in [1.29, 1.82) is 0 Å². The molecule has 0 saturated heterocycles. The molecular formula is C10H12O4. The number of hydrogen-bond donors (Lipinski definition) is 2.